The first-order chi connectivity index (χ1) is 9.11. The number of unbranched alkanes of at least 4 members (excludes halogenated alkanes) is 1. The second kappa shape index (κ2) is 8.15. The minimum atomic E-state index is -0.277. The molecule has 1 unspecified atom stereocenters. The molecular formula is C14H26N2O3. The Labute approximate surface area is 115 Å². The number of ether oxygens (including phenoxy) is 1. The number of hydrogen-bond acceptors (Lipinski definition) is 4. The summed E-state index contributed by atoms with van der Waals surface area (Å²) in [5.41, 5.74) is 0. The Morgan fingerprint density at radius 2 is 2.16 bits per heavy atom. The van der Waals surface area contributed by atoms with Gasteiger partial charge >= 0.3 is 5.97 Å². The summed E-state index contributed by atoms with van der Waals surface area (Å²) in [6.07, 6.45) is 4.86. The predicted molar refractivity (Wildman–Crippen MR) is 73.7 cm³/mol. The summed E-state index contributed by atoms with van der Waals surface area (Å²) >= 11 is 0. The molecule has 2 atom stereocenters. The second-order valence-electron chi connectivity index (χ2n) is 5.09. The molecule has 1 aliphatic heterocycles. The van der Waals surface area contributed by atoms with Crippen LogP contribution in [0.2, 0.25) is 0 Å². The van der Waals surface area contributed by atoms with E-state index in [1.807, 2.05) is 11.8 Å². The van der Waals surface area contributed by atoms with Crippen LogP contribution in [0, 0.1) is 0 Å². The molecule has 1 heterocycles. The molecule has 1 amide bonds. The van der Waals surface area contributed by atoms with Crippen LogP contribution in [0.1, 0.15) is 46.0 Å². The van der Waals surface area contributed by atoms with E-state index in [2.05, 4.69) is 12.2 Å². The van der Waals surface area contributed by atoms with Crippen molar-refractivity contribution in [2.75, 3.05) is 20.2 Å². The number of esters is 1. The van der Waals surface area contributed by atoms with Crippen molar-refractivity contribution in [3.05, 3.63) is 0 Å². The van der Waals surface area contributed by atoms with Crippen molar-refractivity contribution in [1.82, 2.24) is 10.2 Å². The summed E-state index contributed by atoms with van der Waals surface area (Å²) in [4.78, 5) is 25.8. The van der Waals surface area contributed by atoms with E-state index in [1.54, 1.807) is 0 Å². The molecule has 0 saturated carbocycles. The lowest BCUT2D eigenvalue weighted by atomic mass is 10.00. The summed E-state index contributed by atoms with van der Waals surface area (Å²) in [5.74, 6) is -0.225. The fraction of sp³-hybridized carbons (Fsp3) is 0.857. The molecule has 110 valence electrons. The van der Waals surface area contributed by atoms with Gasteiger partial charge in [0.1, 0.15) is 6.04 Å². The number of rotatable bonds is 6. The van der Waals surface area contributed by atoms with Gasteiger partial charge in [0.2, 0.25) is 5.91 Å². The number of nitrogens with zero attached hydrogens (tertiary/aromatic N) is 1. The van der Waals surface area contributed by atoms with Crippen molar-refractivity contribution in [2.45, 2.75) is 58.0 Å². The van der Waals surface area contributed by atoms with E-state index in [9.17, 15) is 9.59 Å². The number of hydrogen-bond donors (Lipinski definition) is 1. The van der Waals surface area contributed by atoms with Crippen LogP contribution in [0.3, 0.4) is 0 Å². The minimum absolute atomic E-state index is 0.00394. The first-order valence-electron chi connectivity index (χ1n) is 7.23. The maximum Gasteiger partial charge on any atom is 0.323 e. The molecule has 1 N–H and O–H groups in total. The van der Waals surface area contributed by atoms with Gasteiger partial charge in [-0.2, -0.15) is 0 Å². The Hall–Kier alpha value is -1.10. The average molecular weight is 270 g/mol. The quantitative estimate of drug-likeness (QED) is 0.584. The van der Waals surface area contributed by atoms with Crippen LogP contribution in [-0.4, -0.2) is 49.1 Å². The third-order valence-corrected chi connectivity index (χ3v) is 3.72. The SMILES string of the molecule is CCCCNC(=O)C(C)N1CCCC[C@@H]1C(=O)OC. The standard InChI is InChI=1S/C14H26N2O3/c1-4-5-9-15-13(17)11(2)16-10-7-6-8-12(16)14(18)19-3/h11-12H,4-10H2,1-3H3,(H,15,17)/t11?,12-/m1/s1. The topological polar surface area (TPSA) is 58.6 Å². The monoisotopic (exact) mass is 270 g/mol. The van der Waals surface area contributed by atoms with E-state index in [4.69, 9.17) is 4.74 Å². The van der Waals surface area contributed by atoms with Gasteiger partial charge in [-0.3, -0.25) is 14.5 Å². The smallest absolute Gasteiger partial charge is 0.323 e. The summed E-state index contributed by atoms with van der Waals surface area (Å²) in [6.45, 7) is 5.44. The zero-order valence-corrected chi connectivity index (χ0v) is 12.3. The number of nitrogens with one attached hydrogen (secondary N) is 1. The fourth-order valence-electron chi connectivity index (χ4n) is 2.49. The summed E-state index contributed by atoms with van der Waals surface area (Å²) in [6, 6.07) is -0.549. The molecule has 0 aromatic heterocycles. The first kappa shape index (κ1) is 16.0. The largest absolute Gasteiger partial charge is 0.468 e. The number of amides is 1. The number of methoxy groups -OCH3 is 1. The van der Waals surface area contributed by atoms with Gasteiger partial charge in [0.05, 0.1) is 13.2 Å². The number of piperidine rings is 1. The molecule has 0 spiro atoms. The maximum absolute atomic E-state index is 12.1. The van der Waals surface area contributed by atoms with Crippen LogP contribution in [0.15, 0.2) is 0 Å². The second-order valence-corrected chi connectivity index (χ2v) is 5.09. The van der Waals surface area contributed by atoms with Gasteiger partial charge in [-0.15, -0.1) is 0 Å². The van der Waals surface area contributed by atoms with E-state index in [1.165, 1.54) is 7.11 Å². The molecule has 0 aliphatic carbocycles. The summed E-state index contributed by atoms with van der Waals surface area (Å²) in [7, 11) is 1.40. The van der Waals surface area contributed by atoms with Crippen LogP contribution >= 0.6 is 0 Å². The van der Waals surface area contributed by atoms with Crippen LogP contribution in [0.5, 0.6) is 0 Å². The molecule has 5 nitrogen and oxygen atoms in total. The Morgan fingerprint density at radius 3 is 2.79 bits per heavy atom. The van der Waals surface area contributed by atoms with Crippen molar-refractivity contribution in [3.63, 3.8) is 0 Å². The lowest BCUT2D eigenvalue weighted by Crippen LogP contribution is -2.54. The molecular weight excluding hydrogens is 244 g/mol. The van der Waals surface area contributed by atoms with Gasteiger partial charge in [-0.05, 0) is 32.7 Å². The van der Waals surface area contributed by atoms with Crippen LogP contribution < -0.4 is 5.32 Å². The van der Waals surface area contributed by atoms with E-state index >= 15 is 0 Å². The highest BCUT2D eigenvalue weighted by atomic mass is 16.5. The molecule has 1 aliphatic rings. The van der Waals surface area contributed by atoms with Crippen LogP contribution in [0.25, 0.3) is 0 Å². The highest BCUT2D eigenvalue weighted by Crippen LogP contribution is 2.20. The molecule has 1 rings (SSSR count). The van der Waals surface area contributed by atoms with E-state index in [-0.39, 0.29) is 24.0 Å². The molecule has 1 fully saturated rings. The van der Waals surface area contributed by atoms with Gasteiger partial charge in [0.25, 0.3) is 0 Å². The van der Waals surface area contributed by atoms with Crippen LogP contribution in [-0.2, 0) is 14.3 Å². The van der Waals surface area contributed by atoms with Crippen molar-refractivity contribution in [2.24, 2.45) is 0 Å². The van der Waals surface area contributed by atoms with Gasteiger partial charge < -0.3 is 10.1 Å². The highest BCUT2D eigenvalue weighted by Gasteiger charge is 2.34. The molecule has 0 aromatic carbocycles. The molecule has 0 bridgehead atoms. The van der Waals surface area contributed by atoms with Crippen molar-refractivity contribution in [3.8, 4) is 0 Å². The lowest BCUT2D eigenvalue weighted by molar-refractivity contribution is -0.150. The van der Waals surface area contributed by atoms with Gasteiger partial charge in [0, 0.05) is 6.54 Å². The van der Waals surface area contributed by atoms with Gasteiger partial charge in [-0.25, -0.2) is 0 Å². The lowest BCUT2D eigenvalue weighted by Gasteiger charge is -2.37. The van der Waals surface area contributed by atoms with Crippen molar-refractivity contribution in [1.29, 1.82) is 0 Å². The third kappa shape index (κ3) is 4.49. The van der Waals surface area contributed by atoms with Gasteiger partial charge in [0.15, 0.2) is 0 Å². The third-order valence-electron chi connectivity index (χ3n) is 3.72. The zero-order chi connectivity index (χ0) is 14.3. The average Bonchev–Trinajstić information content (AvgIpc) is 2.45. The number of carbonyl (C=O) groups excluding carboxylic acids is 2. The normalized spacial score (nSPS) is 21.7. The Kier molecular flexibility index (Phi) is 6.84. The Balaban J connectivity index is 2.58. The molecule has 19 heavy (non-hydrogen) atoms. The molecule has 0 radical (unpaired) electrons. The minimum Gasteiger partial charge on any atom is -0.468 e. The van der Waals surface area contributed by atoms with E-state index < -0.39 is 0 Å². The van der Waals surface area contributed by atoms with Crippen molar-refractivity contribution >= 4 is 11.9 Å². The summed E-state index contributed by atoms with van der Waals surface area (Å²) < 4.78 is 4.84. The molecule has 1 saturated heterocycles. The fourth-order valence-corrected chi connectivity index (χ4v) is 2.49. The Morgan fingerprint density at radius 1 is 1.42 bits per heavy atom. The number of likely N-dealkylation sites (tertiary alicyclic amines) is 1. The Bertz CT molecular complexity index is 307. The predicted octanol–water partition coefficient (Wildman–Crippen LogP) is 1.32. The van der Waals surface area contributed by atoms with Crippen LogP contribution in [0.4, 0.5) is 0 Å². The van der Waals surface area contributed by atoms with E-state index in [0.29, 0.717) is 6.54 Å². The molecule has 0 aromatic rings. The summed E-state index contributed by atoms with van der Waals surface area (Å²) in [5, 5.41) is 2.93. The molecule has 5 heteroatoms. The van der Waals surface area contributed by atoms with Gasteiger partial charge in [-0.1, -0.05) is 19.8 Å². The van der Waals surface area contributed by atoms with E-state index in [0.717, 1.165) is 38.6 Å². The number of carbonyl (C=O) groups is 2. The highest BCUT2D eigenvalue weighted by molar-refractivity contribution is 5.83. The first-order valence-corrected chi connectivity index (χ1v) is 7.23. The van der Waals surface area contributed by atoms with Crippen molar-refractivity contribution < 1.29 is 14.3 Å². The maximum atomic E-state index is 12.1. The zero-order valence-electron chi connectivity index (χ0n) is 12.3.